The molecule has 3 rings (SSSR count). The zero-order valence-corrected chi connectivity index (χ0v) is 18.3. The lowest BCUT2D eigenvalue weighted by Crippen LogP contribution is -2.30. The fourth-order valence-electron chi connectivity index (χ4n) is 5.33. The van der Waals surface area contributed by atoms with E-state index < -0.39 is 0 Å². The fraction of sp³-hybridized carbons (Fsp3) is 0.792. The smallest absolute Gasteiger partial charge is 0.333 e. The number of hydrogen-bond donors (Lipinski definition) is 0. The average Bonchev–Trinajstić information content (AvgIpc) is 3.36. The van der Waals surface area contributed by atoms with Crippen molar-refractivity contribution in [3.8, 4) is 0 Å². The van der Waals surface area contributed by atoms with Crippen molar-refractivity contribution in [2.45, 2.75) is 64.9 Å². The maximum Gasteiger partial charge on any atom is 0.333 e. The van der Waals surface area contributed by atoms with Crippen molar-refractivity contribution in [2.75, 3.05) is 39.6 Å². The Balaban J connectivity index is 1.11. The summed E-state index contributed by atoms with van der Waals surface area (Å²) in [4.78, 5) is 11.2. The van der Waals surface area contributed by atoms with Crippen LogP contribution in [0, 0.1) is 17.3 Å². The van der Waals surface area contributed by atoms with E-state index in [-0.39, 0.29) is 5.97 Å². The first-order chi connectivity index (χ1) is 14.0. The van der Waals surface area contributed by atoms with Crippen LogP contribution in [-0.4, -0.2) is 51.7 Å². The van der Waals surface area contributed by atoms with E-state index in [1.54, 1.807) is 12.5 Å². The molecule has 0 saturated heterocycles. The van der Waals surface area contributed by atoms with Crippen LogP contribution >= 0.6 is 0 Å². The predicted molar refractivity (Wildman–Crippen MR) is 113 cm³/mol. The molecule has 2 fully saturated rings. The summed E-state index contributed by atoms with van der Waals surface area (Å²) in [7, 11) is 0. The highest BCUT2D eigenvalue weighted by atomic mass is 16.5. The zero-order chi connectivity index (χ0) is 20.7. The van der Waals surface area contributed by atoms with Crippen molar-refractivity contribution in [1.82, 2.24) is 0 Å². The third kappa shape index (κ3) is 5.93. The van der Waals surface area contributed by atoms with Crippen LogP contribution in [-0.2, 0) is 23.7 Å². The lowest BCUT2D eigenvalue weighted by atomic mass is 9.77. The van der Waals surface area contributed by atoms with E-state index in [1.165, 1.54) is 25.7 Å². The van der Waals surface area contributed by atoms with Gasteiger partial charge in [-0.2, -0.15) is 0 Å². The van der Waals surface area contributed by atoms with Crippen LogP contribution < -0.4 is 0 Å². The minimum Gasteiger partial charge on any atom is -0.462 e. The van der Waals surface area contributed by atoms with Crippen LogP contribution in [0.15, 0.2) is 23.8 Å². The second-order valence-electron chi connectivity index (χ2n) is 9.09. The molecule has 0 aromatic rings. The third-order valence-electron chi connectivity index (χ3n) is 6.63. The van der Waals surface area contributed by atoms with Gasteiger partial charge >= 0.3 is 5.97 Å². The van der Waals surface area contributed by atoms with E-state index in [9.17, 15) is 4.79 Å². The number of fused-ring (bicyclic) bond motifs is 5. The molecule has 0 radical (unpaired) electrons. The molecule has 0 aliphatic heterocycles. The quantitative estimate of drug-likeness (QED) is 0.184. The first-order valence-corrected chi connectivity index (χ1v) is 11.3. The van der Waals surface area contributed by atoms with Crippen LogP contribution in [0.25, 0.3) is 0 Å². The van der Waals surface area contributed by atoms with Gasteiger partial charge in [-0.1, -0.05) is 25.2 Å². The average molecular weight is 407 g/mol. The molecule has 0 aromatic heterocycles. The van der Waals surface area contributed by atoms with Gasteiger partial charge < -0.3 is 18.9 Å². The summed E-state index contributed by atoms with van der Waals surface area (Å²) < 4.78 is 22.5. The Morgan fingerprint density at radius 2 is 1.72 bits per heavy atom. The van der Waals surface area contributed by atoms with Gasteiger partial charge in [0.25, 0.3) is 0 Å². The molecule has 0 aromatic carbocycles. The molecular weight excluding hydrogens is 368 g/mol. The molecule has 0 heterocycles. The second kappa shape index (κ2) is 10.7. The normalized spacial score (nSPS) is 29.7. The number of ether oxygens (including phenoxy) is 4. The molecule has 0 amide bonds. The van der Waals surface area contributed by atoms with Crippen LogP contribution in [0.2, 0.25) is 0 Å². The Hall–Kier alpha value is -1.17. The van der Waals surface area contributed by atoms with E-state index in [1.807, 2.05) is 0 Å². The molecule has 5 nitrogen and oxygen atoms in total. The lowest BCUT2D eigenvalue weighted by Gasteiger charge is -2.33. The summed E-state index contributed by atoms with van der Waals surface area (Å²) >= 11 is 0. The molecule has 29 heavy (non-hydrogen) atoms. The van der Waals surface area contributed by atoms with E-state index >= 15 is 0 Å². The molecule has 164 valence electrons. The van der Waals surface area contributed by atoms with E-state index in [4.69, 9.17) is 18.9 Å². The van der Waals surface area contributed by atoms with Gasteiger partial charge in [-0.3, -0.25) is 0 Å². The highest BCUT2D eigenvalue weighted by Gasteiger charge is 2.57. The van der Waals surface area contributed by atoms with Gasteiger partial charge in [0, 0.05) is 45.0 Å². The molecule has 2 saturated carbocycles. The summed E-state index contributed by atoms with van der Waals surface area (Å²) in [5.74, 6) is 1.24. The molecule has 4 unspecified atom stereocenters. The Kier molecular flexibility index (Phi) is 8.34. The molecule has 2 bridgehead atoms. The predicted octanol–water partition coefficient (Wildman–Crippen LogP) is 4.46. The van der Waals surface area contributed by atoms with Crippen molar-refractivity contribution < 1.29 is 23.7 Å². The maximum atomic E-state index is 11.2. The monoisotopic (exact) mass is 406 g/mol. The van der Waals surface area contributed by atoms with E-state index in [0.717, 1.165) is 37.9 Å². The molecule has 0 spiro atoms. The number of hydrogen-bond acceptors (Lipinski definition) is 5. The van der Waals surface area contributed by atoms with Crippen LogP contribution in [0.1, 0.15) is 58.8 Å². The molecule has 3 aliphatic rings. The second-order valence-corrected chi connectivity index (χ2v) is 9.09. The number of carbonyl (C=O) groups is 1. The van der Waals surface area contributed by atoms with Gasteiger partial charge in [0.1, 0.15) is 0 Å². The van der Waals surface area contributed by atoms with Gasteiger partial charge in [-0.15, -0.1) is 0 Å². The van der Waals surface area contributed by atoms with E-state index in [2.05, 4.69) is 19.6 Å². The topological polar surface area (TPSA) is 54.0 Å². The largest absolute Gasteiger partial charge is 0.462 e. The summed E-state index contributed by atoms with van der Waals surface area (Å²) in [5.41, 5.74) is 2.61. The summed E-state index contributed by atoms with van der Waals surface area (Å²) in [6, 6.07) is 0. The minimum atomic E-state index is -0.336. The summed E-state index contributed by atoms with van der Waals surface area (Å²) in [6.45, 7) is 11.5. The first kappa shape index (κ1) is 22.5. The standard InChI is InChI=1S/C24H38O5/c1-18(2)23(25)29-15-7-13-27-11-5-10-26-12-6-14-28-22-17-24(3)16-20(22)19-8-4-9-21(19)24/h9,19-20,22H,1,4-8,10-17H2,2-3H3. The Bertz CT molecular complexity index is 598. The number of carbonyl (C=O) groups excluding carboxylic acids is 1. The van der Waals surface area contributed by atoms with Crippen molar-refractivity contribution >= 4 is 5.97 Å². The van der Waals surface area contributed by atoms with E-state index in [0.29, 0.717) is 49.9 Å². The molecule has 3 aliphatic carbocycles. The van der Waals surface area contributed by atoms with Crippen molar-refractivity contribution in [3.05, 3.63) is 23.8 Å². The summed E-state index contributed by atoms with van der Waals surface area (Å²) in [5, 5.41) is 0. The lowest BCUT2D eigenvalue weighted by molar-refractivity contribution is -0.139. The van der Waals surface area contributed by atoms with Gasteiger partial charge in [-0.25, -0.2) is 4.79 Å². The SMILES string of the molecule is C=C(C)C(=O)OCCCOCCCOCCCOC1CC2(C)CC1C1CCC=C12. The highest BCUT2D eigenvalue weighted by Crippen LogP contribution is 2.63. The zero-order valence-electron chi connectivity index (χ0n) is 18.3. The third-order valence-corrected chi connectivity index (χ3v) is 6.63. The molecule has 0 N–H and O–H groups in total. The molecule has 5 heteroatoms. The van der Waals surface area contributed by atoms with Gasteiger partial charge in [-0.05, 0) is 62.7 Å². The summed E-state index contributed by atoms with van der Waals surface area (Å²) in [6.07, 6.45) is 10.7. The van der Waals surface area contributed by atoms with Crippen LogP contribution in [0.5, 0.6) is 0 Å². The number of esters is 1. The Labute approximate surface area is 175 Å². The Morgan fingerprint density at radius 3 is 2.41 bits per heavy atom. The molecular formula is C24H38O5. The first-order valence-electron chi connectivity index (χ1n) is 11.3. The van der Waals surface area contributed by atoms with Crippen molar-refractivity contribution in [1.29, 1.82) is 0 Å². The Morgan fingerprint density at radius 1 is 1.07 bits per heavy atom. The fourth-order valence-corrected chi connectivity index (χ4v) is 5.33. The maximum absolute atomic E-state index is 11.2. The van der Waals surface area contributed by atoms with Gasteiger partial charge in [0.2, 0.25) is 0 Å². The van der Waals surface area contributed by atoms with Crippen molar-refractivity contribution in [3.63, 3.8) is 0 Å². The number of allylic oxidation sites excluding steroid dienone is 2. The van der Waals surface area contributed by atoms with Crippen LogP contribution in [0.3, 0.4) is 0 Å². The van der Waals surface area contributed by atoms with Gasteiger partial charge in [0.05, 0.1) is 12.7 Å². The minimum absolute atomic E-state index is 0.336. The number of rotatable bonds is 14. The van der Waals surface area contributed by atoms with Crippen LogP contribution in [0.4, 0.5) is 0 Å². The van der Waals surface area contributed by atoms with Crippen molar-refractivity contribution in [2.24, 2.45) is 17.3 Å². The van der Waals surface area contributed by atoms with Gasteiger partial charge in [0.15, 0.2) is 0 Å². The highest BCUT2D eigenvalue weighted by molar-refractivity contribution is 5.86. The molecule has 4 atom stereocenters.